The largest absolute Gasteiger partial charge is 0.481 e. The highest BCUT2D eigenvalue weighted by Gasteiger charge is 2.38. The third-order valence-corrected chi connectivity index (χ3v) is 4.86. The highest BCUT2D eigenvalue weighted by atomic mass is 16.5. The van der Waals surface area contributed by atoms with Crippen molar-refractivity contribution < 1.29 is 19.4 Å². The van der Waals surface area contributed by atoms with Gasteiger partial charge in [-0.2, -0.15) is 0 Å². The molecule has 2 aromatic rings. The summed E-state index contributed by atoms with van der Waals surface area (Å²) in [6.45, 7) is 1.69. The first kappa shape index (κ1) is 17.3. The fraction of sp³-hybridized carbons (Fsp3) is 0.400. The van der Waals surface area contributed by atoms with Gasteiger partial charge in [0.25, 0.3) is 5.91 Å². The van der Waals surface area contributed by atoms with E-state index in [9.17, 15) is 9.59 Å². The zero-order chi connectivity index (χ0) is 17.9. The van der Waals surface area contributed by atoms with Crippen molar-refractivity contribution in [2.45, 2.75) is 50.7 Å². The van der Waals surface area contributed by atoms with Crippen molar-refractivity contribution in [1.29, 1.82) is 0 Å². The Hall–Kier alpha value is -2.56. The lowest BCUT2D eigenvalue weighted by atomic mass is 9.93. The maximum atomic E-state index is 12.6. The molecule has 1 fully saturated rings. The Morgan fingerprint density at radius 2 is 1.84 bits per heavy atom. The lowest BCUT2D eigenvalue weighted by Crippen LogP contribution is -2.51. The van der Waals surface area contributed by atoms with E-state index in [4.69, 9.17) is 9.84 Å². The Morgan fingerprint density at radius 3 is 2.56 bits per heavy atom. The molecule has 1 saturated carbocycles. The predicted octanol–water partition coefficient (Wildman–Crippen LogP) is 3.51. The summed E-state index contributed by atoms with van der Waals surface area (Å²) in [5, 5.41) is 14.1. The van der Waals surface area contributed by atoms with Crippen LogP contribution in [-0.2, 0) is 9.59 Å². The molecule has 0 heterocycles. The quantitative estimate of drug-likeness (QED) is 0.843. The summed E-state index contributed by atoms with van der Waals surface area (Å²) < 4.78 is 5.89. The van der Waals surface area contributed by atoms with Crippen molar-refractivity contribution in [3.63, 3.8) is 0 Å². The molecule has 2 N–H and O–H groups in total. The maximum Gasteiger partial charge on any atom is 0.305 e. The topological polar surface area (TPSA) is 75.6 Å². The van der Waals surface area contributed by atoms with E-state index in [0.717, 1.165) is 23.6 Å². The summed E-state index contributed by atoms with van der Waals surface area (Å²) in [4.78, 5) is 23.8. The van der Waals surface area contributed by atoms with Gasteiger partial charge in [-0.3, -0.25) is 9.59 Å². The van der Waals surface area contributed by atoms with E-state index in [1.165, 1.54) is 0 Å². The highest BCUT2D eigenvalue weighted by molar-refractivity contribution is 5.89. The van der Waals surface area contributed by atoms with Crippen LogP contribution in [0.25, 0.3) is 10.8 Å². The monoisotopic (exact) mass is 341 g/mol. The van der Waals surface area contributed by atoms with Gasteiger partial charge in [-0.15, -0.1) is 0 Å². The number of carboxylic acids is 1. The molecule has 5 heteroatoms. The van der Waals surface area contributed by atoms with Gasteiger partial charge in [-0.05, 0) is 31.2 Å². The predicted molar refractivity (Wildman–Crippen MR) is 95.6 cm³/mol. The Bertz CT molecular complexity index is 775. The number of hydrogen-bond donors (Lipinski definition) is 2. The van der Waals surface area contributed by atoms with E-state index in [2.05, 4.69) is 5.32 Å². The van der Waals surface area contributed by atoms with Crippen molar-refractivity contribution in [2.24, 2.45) is 0 Å². The van der Waals surface area contributed by atoms with Gasteiger partial charge in [0.15, 0.2) is 6.10 Å². The second kappa shape index (κ2) is 7.13. The van der Waals surface area contributed by atoms with Crippen LogP contribution in [0, 0.1) is 0 Å². The lowest BCUT2D eigenvalue weighted by molar-refractivity contribution is -0.139. The number of nitrogens with one attached hydrogen (secondary N) is 1. The minimum Gasteiger partial charge on any atom is -0.481 e. The van der Waals surface area contributed by atoms with Crippen LogP contribution in [0.2, 0.25) is 0 Å². The minimum atomic E-state index is -0.884. The van der Waals surface area contributed by atoms with E-state index < -0.39 is 17.6 Å². The summed E-state index contributed by atoms with van der Waals surface area (Å²) >= 11 is 0. The van der Waals surface area contributed by atoms with Crippen molar-refractivity contribution in [3.05, 3.63) is 42.5 Å². The van der Waals surface area contributed by atoms with Crippen molar-refractivity contribution in [2.75, 3.05) is 0 Å². The number of ether oxygens (including phenoxy) is 1. The van der Waals surface area contributed by atoms with E-state index in [0.29, 0.717) is 18.6 Å². The van der Waals surface area contributed by atoms with E-state index in [-0.39, 0.29) is 12.3 Å². The average Bonchev–Trinajstić information content (AvgIpc) is 3.02. The van der Waals surface area contributed by atoms with Gasteiger partial charge in [0, 0.05) is 5.39 Å². The number of benzene rings is 2. The van der Waals surface area contributed by atoms with Crippen LogP contribution in [0.4, 0.5) is 0 Å². The SMILES string of the molecule is CC(Oc1cccc2ccccc12)C(=O)NC1(CC(=O)O)CCCC1. The van der Waals surface area contributed by atoms with Crippen LogP contribution in [0.15, 0.2) is 42.5 Å². The Balaban J connectivity index is 1.73. The first-order valence-corrected chi connectivity index (χ1v) is 8.67. The van der Waals surface area contributed by atoms with Crippen LogP contribution in [0.3, 0.4) is 0 Å². The summed E-state index contributed by atoms with van der Waals surface area (Å²) in [7, 11) is 0. The molecule has 0 aliphatic heterocycles. The van der Waals surface area contributed by atoms with Crippen LogP contribution in [-0.4, -0.2) is 28.6 Å². The zero-order valence-corrected chi connectivity index (χ0v) is 14.3. The number of fused-ring (bicyclic) bond motifs is 1. The third-order valence-electron chi connectivity index (χ3n) is 4.86. The van der Waals surface area contributed by atoms with E-state index in [1.807, 2.05) is 42.5 Å². The number of carboxylic acid groups (broad SMARTS) is 1. The smallest absolute Gasteiger partial charge is 0.305 e. The standard InChI is InChI=1S/C20H23NO4/c1-14(19(24)21-20(13-18(22)23)11-4-5-12-20)25-17-10-6-8-15-7-2-3-9-16(15)17/h2-3,6-10,14H,4-5,11-13H2,1H3,(H,21,24)(H,22,23). The van der Waals surface area contributed by atoms with Gasteiger partial charge in [0.05, 0.1) is 12.0 Å². The van der Waals surface area contributed by atoms with Crippen molar-refractivity contribution in [3.8, 4) is 5.75 Å². The third kappa shape index (κ3) is 3.92. The van der Waals surface area contributed by atoms with Gasteiger partial charge >= 0.3 is 5.97 Å². The molecule has 0 spiro atoms. The van der Waals surface area contributed by atoms with Crippen molar-refractivity contribution >= 4 is 22.6 Å². The Morgan fingerprint density at radius 1 is 1.16 bits per heavy atom. The molecule has 3 rings (SSSR count). The van der Waals surface area contributed by atoms with Crippen LogP contribution in [0.5, 0.6) is 5.75 Å². The molecule has 1 atom stereocenters. The van der Waals surface area contributed by atoms with Gasteiger partial charge in [0.2, 0.25) is 0 Å². The maximum absolute atomic E-state index is 12.6. The normalized spacial score (nSPS) is 17.2. The molecule has 0 radical (unpaired) electrons. The van der Waals surface area contributed by atoms with Crippen molar-refractivity contribution in [1.82, 2.24) is 5.32 Å². The molecule has 2 aromatic carbocycles. The molecule has 1 unspecified atom stereocenters. The van der Waals surface area contributed by atoms with Crippen LogP contribution < -0.4 is 10.1 Å². The summed E-state index contributed by atoms with van der Waals surface area (Å²) in [6.07, 6.45) is 2.54. The molecule has 1 amide bonds. The lowest BCUT2D eigenvalue weighted by Gasteiger charge is -2.30. The molecular weight excluding hydrogens is 318 g/mol. The Labute approximate surface area is 147 Å². The van der Waals surface area contributed by atoms with Crippen LogP contribution in [0.1, 0.15) is 39.0 Å². The fourth-order valence-corrected chi connectivity index (χ4v) is 3.59. The highest BCUT2D eigenvalue weighted by Crippen LogP contribution is 2.33. The van der Waals surface area contributed by atoms with Gasteiger partial charge < -0.3 is 15.2 Å². The molecule has 1 aliphatic carbocycles. The number of hydrogen-bond acceptors (Lipinski definition) is 3. The molecule has 25 heavy (non-hydrogen) atoms. The van der Waals surface area contributed by atoms with Gasteiger partial charge in [0.1, 0.15) is 5.75 Å². The zero-order valence-electron chi connectivity index (χ0n) is 14.3. The van der Waals surface area contributed by atoms with Gasteiger partial charge in [-0.25, -0.2) is 0 Å². The molecule has 0 aromatic heterocycles. The minimum absolute atomic E-state index is 0.0419. The summed E-state index contributed by atoms with van der Waals surface area (Å²) in [5.41, 5.74) is -0.640. The number of amides is 1. The molecular formula is C20H23NO4. The molecule has 0 bridgehead atoms. The van der Waals surface area contributed by atoms with E-state index >= 15 is 0 Å². The fourth-order valence-electron chi connectivity index (χ4n) is 3.59. The molecule has 132 valence electrons. The molecule has 0 saturated heterocycles. The summed E-state index contributed by atoms with van der Waals surface area (Å²) in [6, 6.07) is 13.6. The first-order valence-electron chi connectivity index (χ1n) is 8.67. The van der Waals surface area contributed by atoms with Crippen LogP contribution >= 0.6 is 0 Å². The van der Waals surface area contributed by atoms with E-state index in [1.54, 1.807) is 6.92 Å². The number of aliphatic carboxylic acids is 1. The molecule has 1 aliphatic rings. The first-order chi connectivity index (χ1) is 12.0. The number of rotatable bonds is 6. The number of carbonyl (C=O) groups excluding carboxylic acids is 1. The van der Waals surface area contributed by atoms with Gasteiger partial charge in [-0.1, -0.05) is 49.2 Å². The number of carbonyl (C=O) groups is 2. The second-order valence-electron chi connectivity index (χ2n) is 6.78. The Kier molecular flexibility index (Phi) is 4.93. The second-order valence-corrected chi connectivity index (χ2v) is 6.78. The summed E-state index contributed by atoms with van der Waals surface area (Å²) in [5.74, 6) is -0.500. The molecule has 5 nitrogen and oxygen atoms in total. The average molecular weight is 341 g/mol.